The van der Waals surface area contributed by atoms with Crippen molar-refractivity contribution in [2.45, 2.75) is 13.5 Å². The Morgan fingerprint density at radius 2 is 1.86 bits per heavy atom. The van der Waals surface area contributed by atoms with Crippen LogP contribution in [0.5, 0.6) is 5.75 Å². The van der Waals surface area contributed by atoms with Gasteiger partial charge in [0.2, 0.25) is 0 Å². The molecule has 0 radical (unpaired) electrons. The Kier molecular flexibility index (Phi) is 4.33. The molecule has 0 fully saturated rings. The Bertz CT molecular complexity index is 694. The molecule has 0 aromatic heterocycles. The Balaban J connectivity index is 2.16. The number of ether oxygens (including phenoxy) is 1. The lowest BCUT2D eigenvalue weighted by Crippen LogP contribution is -2.05. The third-order valence-corrected chi connectivity index (χ3v) is 2.96. The van der Waals surface area contributed by atoms with Gasteiger partial charge in [0.25, 0.3) is 0 Å². The summed E-state index contributed by atoms with van der Waals surface area (Å²) < 4.78 is 19.0. The Morgan fingerprint density at radius 1 is 1.14 bits per heavy atom. The lowest BCUT2D eigenvalue weighted by atomic mass is 10.1. The highest BCUT2D eigenvalue weighted by molar-refractivity contribution is 5.94. The maximum atomic E-state index is 13.6. The van der Waals surface area contributed by atoms with Crippen molar-refractivity contribution in [1.82, 2.24) is 0 Å². The molecule has 0 aliphatic carbocycles. The smallest absolute Gasteiger partial charge is 0.336 e. The number of hydrogen-bond acceptors (Lipinski definition) is 3. The lowest BCUT2D eigenvalue weighted by Gasteiger charge is -2.09. The molecule has 0 saturated heterocycles. The van der Waals surface area contributed by atoms with Crippen LogP contribution in [0.25, 0.3) is 0 Å². The number of rotatable bonds is 5. The fourth-order valence-corrected chi connectivity index (χ4v) is 1.89. The summed E-state index contributed by atoms with van der Waals surface area (Å²) in [6.07, 6.45) is 0. The average Bonchev–Trinajstić information content (AvgIpc) is 2.45. The summed E-state index contributed by atoms with van der Waals surface area (Å²) in [5, 5.41) is 9.05. The summed E-state index contributed by atoms with van der Waals surface area (Å²) in [7, 11) is 0. The van der Waals surface area contributed by atoms with Crippen molar-refractivity contribution in [3.8, 4) is 5.75 Å². The minimum Gasteiger partial charge on any atom is -0.489 e. The van der Waals surface area contributed by atoms with E-state index in [4.69, 9.17) is 9.84 Å². The maximum Gasteiger partial charge on any atom is 0.336 e. The predicted molar refractivity (Wildman–Crippen MR) is 74.1 cm³/mol. The van der Waals surface area contributed by atoms with Crippen LogP contribution in [-0.4, -0.2) is 16.9 Å². The number of carboxylic acid groups (broad SMARTS) is 1. The van der Waals surface area contributed by atoms with Crippen molar-refractivity contribution in [2.24, 2.45) is 0 Å². The molecule has 0 atom stereocenters. The first-order chi connectivity index (χ1) is 9.99. The van der Waals surface area contributed by atoms with Crippen LogP contribution in [0.3, 0.4) is 0 Å². The molecule has 0 heterocycles. The number of ketones is 1. The summed E-state index contributed by atoms with van der Waals surface area (Å²) in [6.45, 7) is 1.28. The second-order valence-corrected chi connectivity index (χ2v) is 4.45. The van der Waals surface area contributed by atoms with Gasteiger partial charge in [0.15, 0.2) is 5.78 Å². The van der Waals surface area contributed by atoms with Gasteiger partial charge in [0.05, 0.1) is 11.1 Å². The number of Topliss-reactive ketones (excluding diaryl/α,β-unsaturated/α-hetero) is 1. The van der Waals surface area contributed by atoms with Gasteiger partial charge in [-0.15, -0.1) is 0 Å². The van der Waals surface area contributed by atoms with Crippen molar-refractivity contribution >= 4 is 11.8 Å². The van der Waals surface area contributed by atoms with Gasteiger partial charge in [0, 0.05) is 11.6 Å². The number of carboxylic acids is 1. The van der Waals surface area contributed by atoms with Gasteiger partial charge < -0.3 is 9.84 Å². The Labute approximate surface area is 120 Å². The molecular weight excluding hydrogens is 275 g/mol. The highest BCUT2D eigenvalue weighted by Gasteiger charge is 2.11. The van der Waals surface area contributed by atoms with Gasteiger partial charge in [-0.3, -0.25) is 4.79 Å². The fourth-order valence-electron chi connectivity index (χ4n) is 1.89. The van der Waals surface area contributed by atoms with Gasteiger partial charge in [-0.25, -0.2) is 9.18 Å². The zero-order chi connectivity index (χ0) is 15.4. The molecule has 4 nitrogen and oxygen atoms in total. The van der Waals surface area contributed by atoms with Gasteiger partial charge in [-0.2, -0.15) is 0 Å². The number of benzene rings is 2. The third-order valence-electron chi connectivity index (χ3n) is 2.96. The molecule has 21 heavy (non-hydrogen) atoms. The van der Waals surface area contributed by atoms with Crippen molar-refractivity contribution in [3.63, 3.8) is 0 Å². The first kappa shape index (κ1) is 14.7. The summed E-state index contributed by atoms with van der Waals surface area (Å²) in [6, 6.07) is 10.3. The average molecular weight is 288 g/mol. The number of hydrogen-bond donors (Lipinski definition) is 1. The van der Waals surface area contributed by atoms with Crippen LogP contribution in [0.15, 0.2) is 42.5 Å². The molecule has 0 bridgehead atoms. The molecule has 108 valence electrons. The fraction of sp³-hybridized carbons (Fsp3) is 0.125. The van der Waals surface area contributed by atoms with Crippen LogP contribution < -0.4 is 4.74 Å². The molecule has 0 amide bonds. The van der Waals surface area contributed by atoms with E-state index in [9.17, 15) is 14.0 Å². The van der Waals surface area contributed by atoms with Gasteiger partial charge in [-0.05, 0) is 25.1 Å². The van der Waals surface area contributed by atoms with E-state index in [0.29, 0.717) is 5.56 Å². The van der Waals surface area contributed by atoms with Gasteiger partial charge >= 0.3 is 5.97 Å². The summed E-state index contributed by atoms with van der Waals surface area (Å²) in [4.78, 5) is 22.2. The zero-order valence-corrected chi connectivity index (χ0v) is 11.3. The van der Waals surface area contributed by atoms with E-state index in [1.54, 1.807) is 18.2 Å². The van der Waals surface area contributed by atoms with Crippen molar-refractivity contribution in [2.75, 3.05) is 0 Å². The normalized spacial score (nSPS) is 10.2. The number of aromatic carboxylic acids is 1. The summed E-state index contributed by atoms with van der Waals surface area (Å²) >= 11 is 0. The van der Waals surface area contributed by atoms with Crippen molar-refractivity contribution in [1.29, 1.82) is 0 Å². The van der Waals surface area contributed by atoms with E-state index < -0.39 is 11.8 Å². The van der Waals surface area contributed by atoms with E-state index >= 15 is 0 Å². The lowest BCUT2D eigenvalue weighted by molar-refractivity contribution is 0.0693. The highest BCUT2D eigenvalue weighted by Crippen LogP contribution is 2.19. The highest BCUT2D eigenvalue weighted by atomic mass is 19.1. The number of halogens is 1. The maximum absolute atomic E-state index is 13.6. The predicted octanol–water partition coefficient (Wildman–Crippen LogP) is 3.31. The third kappa shape index (κ3) is 3.45. The summed E-state index contributed by atoms with van der Waals surface area (Å²) in [5.41, 5.74) is 0.618. The molecule has 2 aromatic rings. The molecule has 0 saturated carbocycles. The zero-order valence-electron chi connectivity index (χ0n) is 11.3. The van der Waals surface area contributed by atoms with E-state index in [2.05, 4.69) is 0 Å². The van der Waals surface area contributed by atoms with E-state index in [1.807, 2.05) is 0 Å². The minimum absolute atomic E-state index is 0.00132. The molecule has 0 spiro atoms. The van der Waals surface area contributed by atoms with Crippen LogP contribution in [-0.2, 0) is 6.61 Å². The molecule has 2 rings (SSSR count). The quantitative estimate of drug-likeness (QED) is 0.857. The number of carbonyl (C=O) groups is 2. The van der Waals surface area contributed by atoms with Crippen LogP contribution in [0.1, 0.15) is 33.2 Å². The molecule has 0 aliphatic rings. The monoisotopic (exact) mass is 288 g/mol. The molecule has 0 aliphatic heterocycles. The van der Waals surface area contributed by atoms with E-state index in [1.165, 1.54) is 25.1 Å². The van der Waals surface area contributed by atoms with Crippen LogP contribution >= 0.6 is 0 Å². The first-order valence-corrected chi connectivity index (χ1v) is 6.23. The van der Waals surface area contributed by atoms with E-state index in [0.717, 1.165) is 6.07 Å². The topological polar surface area (TPSA) is 63.6 Å². The van der Waals surface area contributed by atoms with Gasteiger partial charge in [-0.1, -0.05) is 18.2 Å². The minimum atomic E-state index is -1.05. The van der Waals surface area contributed by atoms with E-state index in [-0.39, 0.29) is 29.3 Å². The second-order valence-electron chi connectivity index (χ2n) is 4.45. The largest absolute Gasteiger partial charge is 0.489 e. The molecule has 1 N–H and O–H groups in total. The molecule has 0 unspecified atom stereocenters. The molecule has 5 heteroatoms. The second kappa shape index (κ2) is 6.17. The number of carbonyl (C=O) groups excluding carboxylic acids is 1. The van der Waals surface area contributed by atoms with Crippen LogP contribution in [0.2, 0.25) is 0 Å². The van der Waals surface area contributed by atoms with Crippen molar-refractivity contribution < 1.29 is 23.8 Å². The van der Waals surface area contributed by atoms with Crippen molar-refractivity contribution in [3.05, 3.63) is 65.0 Å². The van der Waals surface area contributed by atoms with Crippen LogP contribution in [0.4, 0.5) is 4.39 Å². The Hall–Kier alpha value is -2.69. The SMILES string of the molecule is CC(=O)c1ccc(OCc2ccccc2C(=O)O)cc1F. The molecular formula is C16H13FO4. The Morgan fingerprint density at radius 3 is 2.48 bits per heavy atom. The first-order valence-electron chi connectivity index (χ1n) is 6.23. The molecule has 2 aromatic carbocycles. The van der Waals surface area contributed by atoms with Crippen LogP contribution in [0, 0.1) is 5.82 Å². The standard InChI is InChI=1S/C16H13FO4/c1-10(18)13-7-6-12(8-15(13)17)21-9-11-4-2-3-5-14(11)16(19)20/h2-8H,9H2,1H3,(H,19,20). The van der Waals surface area contributed by atoms with Gasteiger partial charge in [0.1, 0.15) is 18.2 Å². The summed E-state index contributed by atoms with van der Waals surface area (Å²) in [5.74, 6) is -1.84.